The first-order chi connectivity index (χ1) is 30.4. The number of carbonyl (C=O) groups excluding carboxylic acids is 3. The van der Waals surface area contributed by atoms with Gasteiger partial charge in [0.1, 0.15) is 13.2 Å². The third-order valence-electron chi connectivity index (χ3n) is 12.8. The zero-order valence-corrected chi connectivity index (χ0v) is 42.3. The van der Waals surface area contributed by atoms with Crippen molar-refractivity contribution in [2.75, 3.05) is 13.2 Å². The van der Waals surface area contributed by atoms with Gasteiger partial charge in [0.15, 0.2) is 6.10 Å². The van der Waals surface area contributed by atoms with E-state index in [1.165, 1.54) is 212 Å². The lowest BCUT2D eigenvalue weighted by atomic mass is 10.0. The molecule has 0 amide bonds. The van der Waals surface area contributed by atoms with Gasteiger partial charge in [-0.15, -0.1) is 0 Å². The minimum absolute atomic E-state index is 0.0623. The van der Waals surface area contributed by atoms with Gasteiger partial charge in [-0.2, -0.15) is 0 Å². The van der Waals surface area contributed by atoms with Crippen molar-refractivity contribution < 1.29 is 28.6 Å². The van der Waals surface area contributed by atoms with Gasteiger partial charge in [-0.1, -0.05) is 278 Å². The molecule has 0 fully saturated rings. The van der Waals surface area contributed by atoms with Gasteiger partial charge < -0.3 is 14.2 Å². The molecule has 0 aliphatic rings. The number of rotatable bonds is 51. The second-order valence-electron chi connectivity index (χ2n) is 19.7. The zero-order chi connectivity index (χ0) is 45.2. The standard InChI is InChI=1S/C56H108O6/c1-5-7-9-11-13-15-17-18-19-20-21-22-23-24-28-31-35-39-43-47-54(57)60-50-53(62-56(59)49-45-41-37-33-26-16-14-12-10-8-6-2)51-61-55(58)48-44-40-36-32-29-25-27-30-34-38-42-46-52(3)4/h52-53H,5-51H2,1-4H3/t53-/m0/s1. The van der Waals surface area contributed by atoms with E-state index in [-0.39, 0.29) is 31.1 Å². The molecule has 1 atom stereocenters. The summed E-state index contributed by atoms with van der Waals surface area (Å²) >= 11 is 0. The van der Waals surface area contributed by atoms with E-state index in [1.807, 2.05) is 0 Å². The molecule has 0 heterocycles. The van der Waals surface area contributed by atoms with Gasteiger partial charge in [0.25, 0.3) is 0 Å². The lowest BCUT2D eigenvalue weighted by molar-refractivity contribution is -0.167. The Balaban J connectivity index is 4.23. The average Bonchev–Trinajstić information content (AvgIpc) is 3.26. The normalized spacial score (nSPS) is 12.0. The maximum atomic E-state index is 12.8. The highest BCUT2D eigenvalue weighted by molar-refractivity contribution is 5.71. The van der Waals surface area contributed by atoms with E-state index in [0.717, 1.165) is 63.7 Å². The van der Waals surface area contributed by atoms with E-state index in [2.05, 4.69) is 27.7 Å². The first-order valence-electron chi connectivity index (χ1n) is 27.9. The van der Waals surface area contributed by atoms with Crippen LogP contribution in [0.4, 0.5) is 0 Å². The Morgan fingerprint density at radius 1 is 0.306 bits per heavy atom. The molecule has 62 heavy (non-hydrogen) atoms. The summed E-state index contributed by atoms with van der Waals surface area (Å²) in [7, 11) is 0. The van der Waals surface area contributed by atoms with Crippen molar-refractivity contribution in [3.63, 3.8) is 0 Å². The number of hydrogen-bond donors (Lipinski definition) is 0. The van der Waals surface area contributed by atoms with E-state index in [9.17, 15) is 14.4 Å². The number of carbonyl (C=O) groups is 3. The van der Waals surface area contributed by atoms with Crippen LogP contribution < -0.4 is 0 Å². The van der Waals surface area contributed by atoms with Gasteiger partial charge in [-0.3, -0.25) is 14.4 Å². The summed E-state index contributed by atoms with van der Waals surface area (Å²) in [6, 6.07) is 0. The maximum Gasteiger partial charge on any atom is 0.306 e. The van der Waals surface area contributed by atoms with Crippen molar-refractivity contribution >= 4 is 17.9 Å². The van der Waals surface area contributed by atoms with E-state index >= 15 is 0 Å². The third kappa shape index (κ3) is 49.4. The highest BCUT2D eigenvalue weighted by Gasteiger charge is 2.19. The highest BCUT2D eigenvalue weighted by Crippen LogP contribution is 2.18. The quantitative estimate of drug-likeness (QED) is 0.0344. The summed E-state index contributed by atoms with van der Waals surface area (Å²) in [6.07, 6.45) is 53.8. The minimum atomic E-state index is -0.761. The molecule has 0 saturated heterocycles. The predicted molar refractivity (Wildman–Crippen MR) is 266 cm³/mol. The number of ether oxygens (including phenoxy) is 3. The summed E-state index contributed by atoms with van der Waals surface area (Å²) < 4.78 is 16.8. The van der Waals surface area contributed by atoms with Gasteiger partial charge in [0.2, 0.25) is 0 Å². The lowest BCUT2D eigenvalue weighted by Gasteiger charge is -2.18. The summed E-state index contributed by atoms with van der Waals surface area (Å²) in [4.78, 5) is 38.0. The highest BCUT2D eigenvalue weighted by atomic mass is 16.6. The van der Waals surface area contributed by atoms with Crippen LogP contribution in [-0.2, 0) is 28.6 Å². The Kier molecular flexibility index (Phi) is 49.1. The van der Waals surface area contributed by atoms with E-state index < -0.39 is 6.10 Å². The third-order valence-corrected chi connectivity index (χ3v) is 12.8. The number of hydrogen-bond acceptors (Lipinski definition) is 6. The molecule has 6 nitrogen and oxygen atoms in total. The van der Waals surface area contributed by atoms with Crippen LogP contribution in [0.2, 0.25) is 0 Å². The smallest absolute Gasteiger partial charge is 0.306 e. The molecule has 0 aromatic heterocycles. The van der Waals surface area contributed by atoms with E-state index in [1.54, 1.807) is 0 Å². The van der Waals surface area contributed by atoms with Crippen LogP contribution in [0.1, 0.15) is 317 Å². The summed E-state index contributed by atoms with van der Waals surface area (Å²) in [6.45, 7) is 9.03. The molecule has 0 aromatic carbocycles. The summed E-state index contributed by atoms with van der Waals surface area (Å²) in [5.41, 5.74) is 0. The molecular weight excluding hydrogens is 769 g/mol. The molecular formula is C56H108O6. The number of unbranched alkanes of at least 4 members (excludes halogenated alkanes) is 38. The fourth-order valence-electron chi connectivity index (χ4n) is 8.57. The van der Waals surface area contributed by atoms with Crippen molar-refractivity contribution in [3.8, 4) is 0 Å². The van der Waals surface area contributed by atoms with Crippen molar-refractivity contribution in [1.29, 1.82) is 0 Å². The first kappa shape index (κ1) is 60.4. The Hall–Kier alpha value is -1.59. The molecule has 0 spiro atoms. The van der Waals surface area contributed by atoms with Crippen LogP contribution in [0.25, 0.3) is 0 Å². The lowest BCUT2D eigenvalue weighted by Crippen LogP contribution is -2.30. The Morgan fingerprint density at radius 3 is 0.790 bits per heavy atom. The SMILES string of the molecule is CCCCCCCCCCCCCCCCCCCCCC(=O)OC[C@@H](COC(=O)CCCCCCCCCCCCCC(C)C)OC(=O)CCCCCCCCCCCCC. The second-order valence-corrected chi connectivity index (χ2v) is 19.7. The molecule has 0 aliphatic carbocycles. The van der Waals surface area contributed by atoms with Crippen LogP contribution in [-0.4, -0.2) is 37.2 Å². The summed E-state index contributed by atoms with van der Waals surface area (Å²) in [5, 5.41) is 0. The van der Waals surface area contributed by atoms with Crippen LogP contribution in [0.5, 0.6) is 0 Å². The molecule has 0 bridgehead atoms. The van der Waals surface area contributed by atoms with Crippen LogP contribution in [0, 0.1) is 5.92 Å². The first-order valence-corrected chi connectivity index (χ1v) is 27.9. The topological polar surface area (TPSA) is 78.9 Å². The van der Waals surface area contributed by atoms with E-state index in [0.29, 0.717) is 19.3 Å². The van der Waals surface area contributed by atoms with Gasteiger partial charge in [-0.25, -0.2) is 0 Å². The molecule has 0 N–H and O–H groups in total. The van der Waals surface area contributed by atoms with Gasteiger partial charge in [-0.05, 0) is 25.2 Å². The monoisotopic (exact) mass is 877 g/mol. The van der Waals surface area contributed by atoms with Crippen molar-refractivity contribution in [3.05, 3.63) is 0 Å². The molecule has 0 saturated carbocycles. The van der Waals surface area contributed by atoms with Gasteiger partial charge >= 0.3 is 17.9 Å². The van der Waals surface area contributed by atoms with Crippen molar-refractivity contribution in [1.82, 2.24) is 0 Å². The van der Waals surface area contributed by atoms with Gasteiger partial charge in [0.05, 0.1) is 0 Å². The molecule has 0 aliphatic heterocycles. The van der Waals surface area contributed by atoms with Crippen LogP contribution in [0.3, 0.4) is 0 Å². The van der Waals surface area contributed by atoms with Crippen molar-refractivity contribution in [2.45, 2.75) is 323 Å². The fourth-order valence-corrected chi connectivity index (χ4v) is 8.57. The maximum absolute atomic E-state index is 12.8. The largest absolute Gasteiger partial charge is 0.462 e. The second kappa shape index (κ2) is 50.4. The summed E-state index contributed by atoms with van der Waals surface area (Å²) in [5.74, 6) is -0.0137. The molecule has 0 rings (SSSR count). The number of esters is 3. The average molecular weight is 877 g/mol. The predicted octanol–water partition coefficient (Wildman–Crippen LogP) is 18.2. The molecule has 6 heteroatoms. The molecule has 0 radical (unpaired) electrons. The Bertz CT molecular complexity index is 933. The molecule has 0 aromatic rings. The van der Waals surface area contributed by atoms with Gasteiger partial charge in [0, 0.05) is 19.3 Å². The minimum Gasteiger partial charge on any atom is -0.462 e. The Labute approximate surface area is 387 Å². The van der Waals surface area contributed by atoms with Crippen LogP contribution in [0.15, 0.2) is 0 Å². The zero-order valence-electron chi connectivity index (χ0n) is 42.3. The Morgan fingerprint density at radius 2 is 0.532 bits per heavy atom. The van der Waals surface area contributed by atoms with E-state index in [4.69, 9.17) is 14.2 Å². The molecule has 368 valence electrons. The fraction of sp³-hybridized carbons (Fsp3) is 0.946. The van der Waals surface area contributed by atoms with Crippen LogP contribution >= 0.6 is 0 Å². The van der Waals surface area contributed by atoms with Crippen molar-refractivity contribution in [2.24, 2.45) is 5.92 Å². The molecule has 0 unspecified atom stereocenters.